The summed E-state index contributed by atoms with van der Waals surface area (Å²) in [6, 6.07) is 7.99. The van der Waals surface area contributed by atoms with Crippen LogP contribution >= 0.6 is 0 Å². The van der Waals surface area contributed by atoms with Gasteiger partial charge >= 0.3 is 0 Å². The molecule has 4 rings (SSSR count). The first-order chi connectivity index (χ1) is 16.1. The number of rotatable bonds is 6. The van der Waals surface area contributed by atoms with Gasteiger partial charge in [0.2, 0.25) is 5.95 Å². The van der Waals surface area contributed by atoms with Crippen molar-refractivity contribution in [1.29, 1.82) is 0 Å². The fourth-order valence-electron chi connectivity index (χ4n) is 3.32. The first-order valence-electron chi connectivity index (χ1n) is 11.0. The molecular weight excluding hydrogens is 434 g/mol. The van der Waals surface area contributed by atoms with E-state index >= 15 is 0 Å². The Balaban J connectivity index is 0.000000751. The summed E-state index contributed by atoms with van der Waals surface area (Å²) in [6.45, 7) is 11.6. The lowest BCUT2D eigenvalue weighted by molar-refractivity contribution is -0.134. The Hall–Kier alpha value is -3.95. The molecule has 0 atom stereocenters. The van der Waals surface area contributed by atoms with Crippen molar-refractivity contribution in [3.05, 3.63) is 53.9 Å². The second-order valence-corrected chi connectivity index (χ2v) is 8.52. The van der Waals surface area contributed by atoms with E-state index in [9.17, 15) is 0 Å². The Labute approximate surface area is 198 Å². The third-order valence-electron chi connectivity index (χ3n) is 4.97. The van der Waals surface area contributed by atoms with Crippen LogP contribution in [-0.4, -0.2) is 47.3 Å². The zero-order chi connectivity index (χ0) is 25.0. The zero-order valence-corrected chi connectivity index (χ0v) is 20.6. The molecule has 1 aromatic carbocycles. The number of nitrogens with zero attached hydrogens (tertiary/aromatic N) is 6. The van der Waals surface area contributed by atoms with Gasteiger partial charge in [-0.1, -0.05) is 27.7 Å². The van der Waals surface area contributed by atoms with Crippen molar-refractivity contribution in [2.45, 2.75) is 53.4 Å². The monoisotopic (exact) mass is 465 g/mol. The molecule has 0 aliphatic carbocycles. The molecule has 0 saturated carbocycles. The lowest BCUT2D eigenvalue weighted by Crippen LogP contribution is -2.06. The molecule has 0 radical (unpaired) electrons. The molecule has 180 valence electrons. The highest BCUT2D eigenvalue weighted by Crippen LogP contribution is 2.28. The highest BCUT2D eigenvalue weighted by molar-refractivity contribution is 5.63. The predicted molar refractivity (Wildman–Crippen MR) is 130 cm³/mol. The fraction of sp³-hybridized carbons (Fsp3) is 0.375. The Morgan fingerprint density at radius 2 is 1.82 bits per heavy atom. The SMILES string of the molecule is CC(=O)O.COc1cc(Nc2nc3nc(C(C)C)cc(C(C)C)n3n2)ccc1-n1cnc(C)c1. The number of carboxylic acids is 1. The van der Waals surface area contributed by atoms with Crippen molar-refractivity contribution in [2.75, 3.05) is 12.4 Å². The number of benzene rings is 1. The van der Waals surface area contributed by atoms with Crippen LogP contribution in [0.5, 0.6) is 5.75 Å². The molecule has 0 fully saturated rings. The summed E-state index contributed by atoms with van der Waals surface area (Å²) in [5.74, 6) is 1.62. The topological polar surface area (TPSA) is 119 Å². The first-order valence-corrected chi connectivity index (χ1v) is 11.0. The van der Waals surface area contributed by atoms with Gasteiger partial charge in [0.1, 0.15) is 5.75 Å². The third-order valence-corrected chi connectivity index (χ3v) is 4.97. The third kappa shape index (κ3) is 5.69. The van der Waals surface area contributed by atoms with E-state index in [4.69, 9.17) is 14.6 Å². The van der Waals surface area contributed by atoms with Crippen molar-refractivity contribution >= 4 is 23.4 Å². The second-order valence-electron chi connectivity index (χ2n) is 8.52. The number of hydrogen-bond donors (Lipinski definition) is 2. The maximum Gasteiger partial charge on any atom is 0.300 e. The summed E-state index contributed by atoms with van der Waals surface area (Å²) in [7, 11) is 1.65. The van der Waals surface area contributed by atoms with E-state index in [1.165, 1.54) is 0 Å². The second kappa shape index (κ2) is 10.3. The molecule has 4 aromatic rings. The van der Waals surface area contributed by atoms with Crippen LogP contribution in [0.25, 0.3) is 11.5 Å². The van der Waals surface area contributed by atoms with Crippen molar-refractivity contribution < 1.29 is 14.6 Å². The lowest BCUT2D eigenvalue weighted by atomic mass is 10.1. The first kappa shape index (κ1) is 24.7. The summed E-state index contributed by atoms with van der Waals surface area (Å²) in [6.07, 6.45) is 3.73. The number of imidazole rings is 1. The summed E-state index contributed by atoms with van der Waals surface area (Å²) < 4.78 is 9.35. The number of aromatic nitrogens is 6. The maximum atomic E-state index is 9.00. The minimum Gasteiger partial charge on any atom is -0.494 e. The average Bonchev–Trinajstić information content (AvgIpc) is 3.37. The minimum absolute atomic E-state index is 0.306. The van der Waals surface area contributed by atoms with Crippen LogP contribution in [0, 0.1) is 6.92 Å². The summed E-state index contributed by atoms with van der Waals surface area (Å²) in [4.78, 5) is 22.6. The molecule has 3 aromatic heterocycles. The van der Waals surface area contributed by atoms with E-state index in [2.05, 4.69) is 59.1 Å². The number of aryl methyl sites for hydroxylation is 1. The largest absolute Gasteiger partial charge is 0.494 e. The zero-order valence-electron chi connectivity index (χ0n) is 20.6. The van der Waals surface area contributed by atoms with Crippen LogP contribution in [0.3, 0.4) is 0 Å². The van der Waals surface area contributed by atoms with Crippen molar-refractivity contribution in [3.8, 4) is 11.4 Å². The van der Waals surface area contributed by atoms with E-state index < -0.39 is 5.97 Å². The molecular formula is C24H31N7O3. The molecule has 3 heterocycles. The molecule has 0 aliphatic rings. The van der Waals surface area contributed by atoms with Crippen LogP contribution < -0.4 is 10.1 Å². The van der Waals surface area contributed by atoms with Gasteiger partial charge < -0.3 is 19.7 Å². The molecule has 2 N–H and O–H groups in total. The average molecular weight is 466 g/mol. The molecule has 10 heteroatoms. The summed E-state index contributed by atoms with van der Waals surface area (Å²) in [5.41, 5.74) is 4.80. The van der Waals surface area contributed by atoms with Gasteiger partial charge in [0.15, 0.2) is 0 Å². The van der Waals surface area contributed by atoms with Crippen molar-refractivity contribution in [2.24, 2.45) is 0 Å². The van der Waals surface area contributed by atoms with Crippen LogP contribution in [-0.2, 0) is 4.79 Å². The molecule has 0 aliphatic heterocycles. The maximum absolute atomic E-state index is 9.00. The lowest BCUT2D eigenvalue weighted by Gasteiger charge is -2.11. The number of anilines is 2. The number of ether oxygens (including phenoxy) is 1. The van der Waals surface area contributed by atoms with E-state index in [1.54, 1.807) is 13.4 Å². The van der Waals surface area contributed by atoms with Gasteiger partial charge in [-0.15, -0.1) is 5.10 Å². The summed E-state index contributed by atoms with van der Waals surface area (Å²) in [5, 5.41) is 15.3. The smallest absolute Gasteiger partial charge is 0.300 e. The molecule has 0 amide bonds. The van der Waals surface area contributed by atoms with Gasteiger partial charge in [0.25, 0.3) is 11.7 Å². The molecule has 0 bridgehead atoms. The number of carboxylic acid groups (broad SMARTS) is 1. The van der Waals surface area contributed by atoms with Crippen molar-refractivity contribution in [1.82, 2.24) is 29.1 Å². The fourth-order valence-corrected chi connectivity index (χ4v) is 3.32. The quantitative estimate of drug-likeness (QED) is 0.420. The number of methoxy groups -OCH3 is 1. The van der Waals surface area contributed by atoms with E-state index in [-0.39, 0.29) is 0 Å². The van der Waals surface area contributed by atoms with Crippen LogP contribution in [0.2, 0.25) is 0 Å². The van der Waals surface area contributed by atoms with Crippen molar-refractivity contribution in [3.63, 3.8) is 0 Å². The van der Waals surface area contributed by atoms with Gasteiger partial charge in [0, 0.05) is 30.6 Å². The number of hydrogen-bond acceptors (Lipinski definition) is 7. The van der Waals surface area contributed by atoms with E-state index in [0.29, 0.717) is 23.6 Å². The Bertz CT molecular complexity index is 1290. The highest BCUT2D eigenvalue weighted by atomic mass is 16.5. The van der Waals surface area contributed by atoms with Gasteiger partial charge in [-0.3, -0.25) is 4.79 Å². The van der Waals surface area contributed by atoms with Gasteiger partial charge in [-0.05, 0) is 37.0 Å². The number of nitrogens with one attached hydrogen (secondary N) is 1. The van der Waals surface area contributed by atoms with Crippen LogP contribution in [0.4, 0.5) is 11.6 Å². The Morgan fingerprint density at radius 1 is 1.12 bits per heavy atom. The minimum atomic E-state index is -0.833. The molecule has 10 nitrogen and oxygen atoms in total. The molecule has 0 saturated heterocycles. The molecule has 34 heavy (non-hydrogen) atoms. The Morgan fingerprint density at radius 3 is 2.38 bits per heavy atom. The predicted octanol–water partition coefficient (Wildman–Crippen LogP) is 4.71. The van der Waals surface area contributed by atoms with E-state index in [0.717, 1.165) is 41.1 Å². The highest BCUT2D eigenvalue weighted by Gasteiger charge is 2.16. The van der Waals surface area contributed by atoms with Gasteiger partial charge in [-0.2, -0.15) is 9.50 Å². The van der Waals surface area contributed by atoms with E-state index in [1.807, 2.05) is 40.4 Å². The standard InChI is InChI=1S/C22H27N7O.C2H4O2/c1-13(2)17-10-19(14(3)4)29-22(25-17)26-21(27-29)24-16-7-8-18(20(9-16)30-6)28-11-15(5)23-12-28;1-2(3)4/h7-14H,1-6H3,(H,24,27);1H3,(H,3,4). The Kier molecular flexibility index (Phi) is 7.50. The molecule has 0 spiro atoms. The van der Waals surface area contributed by atoms with Crippen LogP contribution in [0.15, 0.2) is 36.8 Å². The van der Waals surface area contributed by atoms with Crippen LogP contribution in [0.1, 0.15) is 63.5 Å². The number of aliphatic carboxylic acids is 1. The number of carbonyl (C=O) groups is 1. The van der Waals surface area contributed by atoms with Gasteiger partial charge in [0.05, 0.1) is 30.5 Å². The molecule has 0 unspecified atom stereocenters. The van der Waals surface area contributed by atoms with Gasteiger partial charge in [-0.25, -0.2) is 9.97 Å². The summed E-state index contributed by atoms with van der Waals surface area (Å²) >= 11 is 0. The normalized spacial score (nSPS) is 11.0. The number of fused-ring (bicyclic) bond motifs is 1.